The van der Waals surface area contributed by atoms with Crippen LogP contribution in [0.2, 0.25) is 0 Å². The Hall–Kier alpha value is -3.74. The predicted octanol–water partition coefficient (Wildman–Crippen LogP) is 3.94. The minimum atomic E-state index is -0.123. The lowest BCUT2D eigenvalue weighted by Gasteiger charge is -2.22. The topological polar surface area (TPSA) is 79.7 Å². The molecule has 150 valence electrons. The number of likely N-dealkylation sites (tertiary alicyclic amines) is 1. The number of aromatic amines is 1. The Bertz CT molecular complexity index is 1160. The Kier molecular flexibility index (Phi) is 4.63. The van der Waals surface area contributed by atoms with Crippen LogP contribution in [0.1, 0.15) is 41.0 Å². The molecule has 5 rings (SSSR count). The lowest BCUT2D eigenvalue weighted by atomic mass is 10.1. The largest absolute Gasteiger partial charge is 0.327 e. The van der Waals surface area contributed by atoms with Crippen molar-refractivity contribution in [3.05, 3.63) is 84.1 Å². The first-order chi connectivity index (χ1) is 14.7. The molecule has 7 nitrogen and oxygen atoms in total. The zero-order chi connectivity index (χ0) is 20.5. The van der Waals surface area contributed by atoms with Crippen LogP contribution in [-0.2, 0) is 0 Å². The zero-order valence-electron chi connectivity index (χ0n) is 16.7. The third-order valence-corrected chi connectivity index (χ3v) is 5.43. The molecule has 1 aliphatic heterocycles. The molecule has 0 spiro atoms. The van der Waals surface area contributed by atoms with Crippen molar-refractivity contribution in [3.8, 4) is 16.9 Å². The van der Waals surface area contributed by atoms with Gasteiger partial charge in [0, 0.05) is 12.1 Å². The molecule has 2 aromatic heterocycles. The maximum absolute atomic E-state index is 13.7. The second-order valence-electron chi connectivity index (χ2n) is 7.46. The van der Waals surface area contributed by atoms with Crippen molar-refractivity contribution in [2.45, 2.75) is 25.8 Å². The van der Waals surface area contributed by atoms with Gasteiger partial charge in [-0.25, -0.2) is 9.67 Å². The molecule has 1 aliphatic rings. The molecule has 30 heavy (non-hydrogen) atoms. The Morgan fingerprint density at radius 3 is 2.50 bits per heavy atom. The summed E-state index contributed by atoms with van der Waals surface area (Å²) >= 11 is 0. The van der Waals surface area contributed by atoms with E-state index < -0.39 is 0 Å². The van der Waals surface area contributed by atoms with E-state index >= 15 is 0 Å². The van der Waals surface area contributed by atoms with Crippen molar-refractivity contribution >= 4 is 5.91 Å². The maximum atomic E-state index is 13.7. The number of nitrogens with zero attached hydrogens (tertiary/aromatic N) is 5. The Morgan fingerprint density at radius 1 is 1.07 bits per heavy atom. The number of para-hydroxylation sites is 1. The second-order valence-corrected chi connectivity index (χ2v) is 7.46. The fraction of sp³-hybridized carbons (Fsp3) is 0.217. The van der Waals surface area contributed by atoms with Gasteiger partial charge in [-0.05, 0) is 38.0 Å². The molecule has 7 heteroatoms. The van der Waals surface area contributed by atoms with Crippen LogP contribution in [0.25, 0.3) is 16.9 Å². The minimum absolute atomic E-state index is 0.0570. The number of benzene rings is 2. The van der Waals surface area contributed by atoms with Crippen LogP contribution in [0.15, 0.2) is 66.7 Å². The second kappa shape index (κ2) is 7.59. The summed E-state index contributed by atoms with van der Waals surface area (Å²) in [6.45, 7) is 2.55. The Morgan fingerprint density at radius 2 is 1.80 bits per heavy atom. The van der Waals surface area contributed by atoms with Crippen molar-refractivity contribution in [2.75, 3.05) is 6.54 Å². The number of H-pyrrole nitrogens is 1. The van der Waals surface area contributed by atoms with Crippen molar-refractivity contribution in [3.63, 3.8) is 0 Å². The minimum Gasteiger partial charge on any atom is -0.327 e. The van der Waals surface area contributed by atoms with Gasteiger partial charge in [-0.1, -0.05) is 48.5 Å². The summed E-state index contributed by atoms with van der Waals surface area (Å²) in [6, 6.07) is 21.4. The normalized spacial score (nSPS) is 16.2. The van der Waals surface area contributed by atoms with Crippen LogP contribution < -0.4 is 0 Å². The molecule has 3 heterocycles. The number of hydrogen-bond donors (Lipinski definition) is 1. The molecule has 0 radical (unpaired) electrons. The number of rotatable bonds is 4. The smallest absolute Gasteiger partial charge is 0.273 e. The fourth-order valence-corrected chi connectivity index (χ4v) is 3.98. The summed E-state index contributed by atoms with van der Waals surface area (Å²) in [6.07, 6.45) is 1.78. The molecular formula is C23H22N6O. The molecule has 1 fully saturated rings. The fourth-order valence-electron chi connectivity index (χ4n) is 3.98. The van der Waals surface area contributed by atoms with Gasteiger partial charge in [-0.3, -0.25) is 9.89 Å². The summed E-state index contributed by atoms with van der Waals surface area (Å²) in [7, 11) is 0. The summed E-state index contributed by atoms with van der Waals surface area (Å²) in [5.74, 6) is 1.37. The van der Waals surface area contributed by atoms with Crippen LogP contribution >= 0.6 is 0 Å². The van der Waals surface area contributed by atoms with E-state index in [4.69, 9.17) is 5.10 Å². The number of aryl methyl sites for hydroxylation is 1. The third kappa shape index (κ3) is 3.28. The monoisotopic (exact) mass is 398 g/mol. The summed E-state index contributed by atoms with van der Waals surface area (Å²) in [5, 5.41) is 12.0. The summed E-state index contributed by atoms with van der Waals surface area (Å²) in [5.41, 5.74) is 3.14. The molecule has 0 unspecified atom stereocenters. The highest BCUT2D eigenvalue weighted by molar-refractivity contribution is 5.94. The van der Waals surface area contributed by atoms with Crippen molar-refractivity contribution in [2.24, 2.45) is 0 Å². The lowest BCUT2D eigenvalue weighted by molar-refractivity contribution is 0.0720. The molecule has 0 aliphatic carbocycles. The third-order valence-electron chi connectivity index (χ3n) is 5.43. The highest BCUT2D eigenvalue weighted by Gasteiger charge is 2.35. The first-order valence-corrected chi connectivity index (χ1v) is 10.1. The van der Waals surface area contributed by atoms with Crippen molar-refractivity contribution in [1.82, 2.24) is 29.9 Å². The maximum Gasteiger partial charge on any atom is 0.273 e. The molecule has 1 N–H and O–H groups in total. The Balaban J connectivity index is 1.57. The van der Waals surface area contributed by atoms with Crippen molar-refractivity contribution in [1.29, 1.82) is 0 Å². The first-order valence-electron chi connectivity index (χ1n) is 10.1. The number of carbonyl (C=O) groups excluding carboxylic acids is 1. The van der Waals surface area contributed by atoms with E-state index in [1.807, 2.05) is 78.6 Å². The SMILES string of the molecule is Cc1nc([C@@H]2CCCN2C(=O)c2cc(-c3ccccc3)nn2-c2ccccc2)n[nH]1. The predicted molar refractivity (Wildman–Crippen MR) is 113 cm³/mol. The molecule has 1 saturated heterocycles. The van der Waals surface area contributed by atoms with Crippen molar-refractivity contribution < 1.29 is 4.79 Å². The number of carbonyl (C=O) groups is 1. The Labute approximate surface area is 174 Å². The van der Waals surface area contributed by atoms with Gasteiger partial charge in [0.05, 0.1) is 17.4 Å². The van der Waals surface area contributed by atoms with Crippen LogP contribution in [0.4, 0.5) is 0 Å². The zero-order valence-corrected chi connectivity index (χ0v) is 16.7. The molecular weight excluding hydrogens is 376 g/mol. The van der Waals surface area contributed by atoms with Crippen LogP contribution in [-0.4, -0.2) is 42.3 Å². The van der Waals surface area contributed by atoms with Gasteiger partial charge < -0.3 is 4.90 Å². The number of amides is 1. The average molecular weight is 398 g/mol. The van der Waals surface area contributed by atoms with Crippen LogP contribution in [0, 0.1) is 6.92 Å². The van der Waals surface area contributed by atoms with Crippen LogP contribution in [0.3, 0.4) is 0 Å². The molecule has 0 bridgehead atoms. The summed E-state index contributed by atoms with van der Waals surface area (Å²) in [4.78, 5) is 20.0. The van der Waals surface area contributed by atoms with Gasteiger partial charge in [-0.15, -0.1) is 0 Å². The van der Waals surface area contributed by atoms with E-state index in [-0.39, 0.29) is 11.9 Å². The van der Waals surface area contributed by atoms with E-state index in [1.54, 1.807) is 4.68 Å². The van der Waals surface area contributed by atoms with Gasteiger partial charge in [0.25, 0.3) is 5.91 Å². The number of aromatic nitrogens is 5. The summed E-state index contributed by atoms with van der Waals surface area (Å²) < 4.78 is 1.74. The quantitative estimate of drug-likeness (QED) is 0.565. The van der Waals surface area contributed by atoms with Crippen LogP contribution in [0.5, 0.6) is 0 Å². The van der Waals surface area contributed by atoms with E-state index in [9.17, 15) is 4.79 Å². The molecule has 0 saturated carbocycles. The standard InChI is InChI=1S/C23H22N6O/c1-16-24-22(26-25-16)20-13-8-14-28(20)23(30)21-15-19(17-9-4-2-5-10-17)27-29(21)18-11-6-3-7-12-18/h2-7,9-12,15,20H,8,13-14H2,1H3,(H,24,25,26)/t20-/m0/s1. The van der Waals surface area contributed by atoms with Gasteiger partial charge in [-0.2, -0.15) is 10.2 Å². The van der Waals surface area contributed by atoms with Gasteiger partial charge >= 0.3 is 0 Å². The molecule has 2 aromatic carbocycles. The number of nitrogens with one attached hydrogen (secondary N) is 1. The van der Waals surface area contributed by atoms with Gasteiger partial charge in [0.15, 0.2) is 5.82 Å². The molecule has 1 atom stereocenters. The molecule has 4 aromatic rings. The first kappa shape index (κ1) is 18.3. The van der Waals surface area contributed by atoms with Gasteiger partial charge in [0.1, 0.15) is 11.5 Å². The molecule has 1 amide bonds. The average Bonchev–Trinajstić information content (AvgIpc) is 3.53. The number of hydrogen-bond acceptors (Lipinski definition) is 4. The van der Waals surface area contributed by atoms with E-state index in [0.29, 0.717) is 18.1 Å². The van der Waals surface area contributed by atoms with E-state index in [1.165, 1.54) is 0 Å². The van der Waals surface area contributed by atoms with E-state index in [0.717, 1.165) is 35.6 Å². The van der Waals surface area contributed by atoms with E-state index in [2.05, 4.69) is 15.2 Å². The highest BCUT2D eigenvalue weighted by atomic mass is 16.2. The lowest BCUT2D eigenvalue weighted by Crippen LogP contribution is -2.32. The highest BCUT2D eigenvalue weighted by Crippen LogP contribution is 2.32. The van der Waals surface area contributed by atoms with Gasteiger partial charge in [0.2, 0.25) is 0 Å².